The summed E-state index contributed by atoms with van der Waals surface area (Å²) in [6.07, 6.45) is -1.40. The van der Waals surface area contributed by atoms with Crippen LogP contribution in [0.4, 0.5) is 18.9 Å². The standard InChI is InChI=1S/C29H32F3N5O2/c1-37(2)16-4-6-21-9-10-22(18-25(21)29(30,31)32)36-27(38)11-8-20-5-3-7-23(17-20)39-24-12-13-33-26(19-24)28-34-14-15-35-28/h3,5,7,9-10,12-13,17-19H,4,6,8,11,14-16H2,1-2H3,(H,34,35)(H,36,38). The van der Waals surface area contributed by atoms with Crippen LogP contribution in [-0.2, 0) is 23.8 Å². The van der Waals surface area contributed by atoms with Crippen molar-refractivity contribution in [2.45, 2.75) is 31.9 Å². The quantitative estimate of drug-likeness (QED) is 0.346. The van der Waals surface area contributed by atoms with Crippen LogP contribution >= 0.6 is 0 Å². The molecule has 4 rings (SSSR count). The van der Waals surface area contributed by atoms with Gasteiger partial charge in [-0.2, -0.15) is 13.2 Å². The van der Waals surface area contributed by atoms with E-state index in [1.165, 1.54) is 12.1 Å². The zero-order chi connectivity index (χ0) is 27.8. The first kappa shape index (κ1) is 28.1. The molecule has 0 saturated heterocycles. The van der Waals surface area contributed by atoms with Crippen molar-refractivity contribution in [3.63, 3.8) is 0 Å². The summed E-state index contributed by atoms with van der Waals surface area (Å²) >= 11 is 0. The lowest BCUT2D eigenvalue weighted by atomic mass is 10.0. The SMILES string of the molecule is CN(C)CCCc1ccc(NC(=O)CCc2cccc(Oc3ccnc(C4=NCCN4)c3)c2)cc1C(F)(F)F. The number of alkyl halides is 3. The maximum absolute atomic E-state index is 13.7. The van der Waals surface area contributed by atoms with Gasteiger partial charge in [0.25, 0.3) is 0 Å². The van der Waals surface area contributed by atoms with Gasteiger partial charge in [-0.25, -0.2) is 0 Å². The van der Waals surface area contributed by atoms with Crippen LogP contribution in [0.1, 0.15) is 35.2 Å². The Kier molecular flexibility index (Phi) is 9.19. The first-order chi connectivity index (χ1) is 18.7. The maximum Gasteiger partial charge on any atom is 0.416 e. The van der Waals surface area contributed by atoms with Crippen LogP contribution in [0.15, 0.2) is 65.8 Å². The highest BCUT2D eigenvalue weighted by atomic mass is 19.4. The minimum atomic E-state index is -4.49. The molecule has 206 valence electrons. The summed E-state index contributed by atoms with van der Waals surface area (Å²) in [5.74, 6) is 1.59. The second-order valence-electron chi connectivity index (χ2n) is 9.61. The third-order valence-corrected chi connectivity index (χ3v) is 6.17. The Morgan fingerprint density at radius 1 is 1.08 bits per heavy atom. The number of rotatable bonds is 11. The number of hydrogen-bond donors (Lipinski definition) is 2. The number of carbonyl (C=O) groups excluding carboxylic acids is 1. The average molecular weight is 540 g/mol. The molecule has 1 aromatic heterocycles. The average Bonchev–Trinajstić information content (AvgIpc) is 3.43. The molecular weight excluding hydrogens is 507 g/mol. The Hall–Kier alpha value is -3.92. The number of aryl methyl sites for hydroxylation is 2. The number of pyridine rings is 1. The van der Waals surface area contributed by atoms with Crippen LogP contribution in [0.25, 0.3) is 0 Å². The van der Waals surface area contributed by atoms with Gasteiger partial charge in [-0.1, -0.05) is 18.2 Å². The van der Waals surface area contributed by atoms with E-state index in [0.717, 1.165) is 24.0 Å². The zero-order valence-electron chi connectivity index (χ0n) is 22.0. The summed E-state index contributed by atoms with van der Waals surface area (Å²) < 4.78 is 47.0. The van der Waals surface area contributed by atoms with E-state index in [0.29, 0.717) is 49.5 Å². The van der Waals surface area contributed by atoms with Gasteiger partial charge in [-0.3, -0.25) is 14.8 Å². The molecule has 2 heterocycles. The van der Waals surface area contributed by atoms with E-state index in [9.17, 15) is 18.0 Å². The fourth-order valence-corrected chi connectivity index (χ4v) is 4.28. The highest BCUT2D eigenvalue weighted by Gasteiger charge is 2.33. The van der Waals surface area contributed by atoms with Crippen molar-refractivity contribution in [3.8, 4) is 11.5 Å². The van der Waals surface area contributed by atoms with E-state index in [1.54, 1.807) is 18.3 Å². The predicted octanol–water partition coefficient (Wildman–Crippen LogP) is 5.31. The van der Waals surface area contributed by atoms with Crippen molar-refractivity contribution < 1.29 is 22.7 Å². The molecule has 0 atom stereocenters. The third kappa shape index (κ3) is 8.28. The van der Waals surface area contributed by atoms with Crippen LogP contribution in [0.2, 0.25) is 0 Å². The molecule has 1 aliphatic heterocycles. The van der Waals surface area contributed by atoms with E-state index in [-0.39, 0.29) is 23.6 Å². The summed E-state index contributed by atoms with van der Waals surface area (Å²) in [4.78, 5) is 23.2. The van der Waals surface area contributed by atoms with Gasteiger partial charge in [0.15, 0.2) is 0 Å². The van der Waals surface area contributed by atoms with Gasteiger partial charge >= 0.3 is 6.18 Å². The number of nitrogens with one attached hydrogen (secondary N) is 2. The molecule has 0 fully saturated rings. The topological polar surface area (TPSA) is 78.9 Å². The van der Waals surface area contributed by atoms with Gasteiger partial charge in [0.1, 0.15) is 23.0 Å². The van der Waals surface area contributed by atoms with Gasteiger partial charge in [-0.15, -0.1) is 0 Å². The highest BCUT2D eigenvalue weighted by Crippen LogP contribution is 2.34. The van der Waals surface area contributed by atoms with Gasteiger partial charge in [0.2, 0.25) is 5.91 Å². The first-order valence-corrected chi connectivity index (χ1v) is 12.8. The smallest absolute Gasteiger partial charge is 0.416 e. The molecule has 2 N–H and O–H groups in total. The summed E-state index contributed by atoms with van der Waals surface area (Å²) in [5.41, 5.74) is 1.22. The second-order valence-corrected chi connectivity index (χ2v) is 9.61. The van der Waals surface area contributed by atoms with E-state index >= 15 is 0 Å². The Balaban J connectivity index is 1.35. The van der Waals surface area contributed by atoms with Crippen molar-refractivity contribution in [2.24, 2.45) is 4.99 Å². The fourth-order valence-electron chi connectivity index (χ4n) is 4.28. The lowest BCUT2D eigenvalue weighted by Gasteiger charge is -2.16. The molecule has 1 amide bonds. The van der Waals surface area contributed by atoms with Gasteiger partial charge in [0, 0.05) is 30.9 Å². The molecule has 3 aromatic rings. The van der Waals surface area contributed by atoms with Crippen molar-refractivity contribution in [1.29, 1.82) is 0 Å². The van der Waals surface area contributed by atoms with Crippen LogP contribution in [0.3, 0.4) is 0 Å². The number of benzene rings is 2. The molecule has 7 nitrogen and oxygen atoms in total. The van der Waals surface area contributed by atoms with Crippen LogP contribution in [0, 0.1) is 0 Å². The Labute approximate surface area is 226 Å². The van der Waals surface area contributed by atoms with Crippen molar-refractivity contribution in [1.82, 2.24) is 15.2 Å². The molecule has 39 heavy (non-hydrogen) atoms. The number of amidine groups is 1. The minimum Gasteiger partial charge on any atom is -0.457 e. The molecule has 10 heteroatoms. The molecule has 2 aromatic carbocycles. The lowest BCUT2D eigenvalue weighted by molar-refractivity contribution is -0.138. The number of ether oxygens (including phenoxy) is 1. The number of hydrogen-bond acceptors (Lipinski definition) is 6. The van der Waals surface area contributed by atoms with E-state index in [2.05, 4.69) is 20.6 Å². The molecule has 0 aliphatic carbocycles. The van der Waals surface area contributed by atoms with Crippen molar-refractivity contribution in [3.05, 3.63) is 83.2 Å². The predicted molar refractivity (Wildman–Crippen MR) is 145 cm³/mol. The number of halogens is 3. The summed E-state index contributed by atoms with van der Waals surface area (Å²) in [6, 6.07) is 14.9. The normalized spacial score (nSPS) is 13.2. The Bertz CT molecular complexity index is 1320. The van der Waals surface area contributed by atoms with Gasteiger partial charge in [0.05, 0.1) is 12.1 Å². The second kappa shape index (κ2) is 12.8. The molecule has 0 saturated carbocycles. The third-order valence-electron chi connectivity index (χ3n) is 6.17. The van der Waals surface area contributed by atoms with E-state index in [1.807, 2.05) is 43.3 Å². The maximum atomic E-state index is 13.7. The summed E-state index contributed by atoms with van der Waals surface area (Å²) in [5, 5.41) is 5.79. The number of nitrogens with zero attached hydrogens (tertiary/aromatic N) is 3. The fraction of sp³-hybridized carbons (Fsp3) is 0.345. The van der Waals surface area contributed by atoms with Crippen molar-refractivity contribution in [2.75, 3.05) is 39.0 Å². The molecule has 0 unspecified atom stereocenters. The summed E-state index contributed by atoms with van der Waals surface area (Å²) in [7, 11) is 3.77. The van der Waals surface area contributed by atoms with Gasteiger partial charge in [-0.05, 0) is 81.4 Å². The Morgan fingerprint density at radius 3 is 2.64 bits per heavy atom. The number of carbonyl (C=O) groups is 1. The highest BCUT2D eigenvalue weighted by molar-refractivity contribution is 5.98. The minimum absolute atomic E-state index is 0.111. The molecule has 0 bridgehead atoms. The van der Waals surface area contributed by atoms with Crippen LogP contribution in [-0.4, -0.2) is 55.4 Å². The first-order valence-electron chi connectivity index (χ1n) is 12.8. The monoisotopic (exact) mass is 539 g/mol. The van der Waals surface area contributed by atoms with Crippen molar-refractivity contribution >= 4 is 17.4 Å². The number of anilines is 1. The number of aliphatic imine (C=N–C) groups is 1. The molecular formula is C29H32F3N5O2. The summed E-state index contributed by atoms with van der Waals surface area (Å²) in [6.45, 7) is 2.19. The van der Waals surface area contributed by atoms with Crippen LogP contribution < -0.4 is 15.4 Å². The number of amides is 1. The van der Waals surface area contributed by atoms with E-state index in [4.69, 9.17) is 4.74 Å². The zero-order valence-corrected chi connectivity index (χ0v) is 22.0. The molecule has 0 spiro atoms. The largest absolute Gasteiger partial charge is 0.457 e. The lowest BCUT2D eigenvalue weighted by Crippen LogP contribution is -2.20. The van der Waals surface area contributed by atoms with Gasteiger partial charge < -0.3 is 20.3 Å². The van der Waals surface area contributed by atoms with E-state index < -0.39 is 11.7 Å². The Morgan fingerprint density at radius 2 is 1.90 bits per heavy atom. The number of aromatic nitrogens is 1. The molecule has 1 aliphatic rings. The molecule has 0 radical (unpaired) electrons. The van der Waals surface area contributed by atoms with Crippen LogP contribution in [0.5, 0.6) is 11.5 Å².